The van der Waals surface area contributed by atoms with E-state index in [-0.39, 0.29) is 25.3 Å². The first kappa shape index (κ1) is 29.1. The number of rotatable bonds is 9. The Balaban J connectivity index is 1.16. The minimum Gasteiger partial charge on any atom is -0.490 e. The Hall–Kier alpha value is -4.01. The third-order valence-electron chi connectivity index (χ3n) is 7.92. The minimum atomic E-state index is -0.387. The highest BCUT2D eigenvalue weighted by Crippen LogP contribution is 2.57. The fourth-order valence-corrected chi connectivity index (χ4v) is 5.99. The molecule has 1 saturated carbocycles. The van der Waals surface area contributed by atoms with Crippen LogP contribution in [0.25, 0.3) is 11.1 Å². The molecule has 1 aliphatic heterocycles. The summed E-state index contributed by atoms with van der Waals surface area (Å²) in [4.78, 5) is 27.2. The maximum atomic E-state index is 13.2. The van der Waals surface area contributed by atoms with Gasteiger partial charge in [-0.2, -0.15) is 5.10 Å². The summed E-state index contributed by atoms with van der Waals surface area (Å²) in [6, 6.07) is 16.6. The summed E-state index contributed by atoms with van der Waals surface area (Å²) in [5, 5.41) is 5.76. The highest BCUT2D eigenvalue weighted by Gasteiger charge is 2.48. The van der Waals surface area contributed by atoms with Crippen LogP contribution in [0.3, 0.4) is 0 Å². The predicted octanol–water partition coefficient (Wildman–Crippen LogP) is 7.53. The van der Waals surface area contributed by atoms with Crippen LogP contribution in [0, 0.1) is 12.8 Å². The van der Waals surface area contributed by atoms with Crippen molar-refractivity contribution < 1.29 is 23.8 Å². The number of anilines is 1. The van der Waals surface area contributed by atoms with Gasteiger partial charge in [-0.1, -0.05) is 41.4 Å². The second-order valence-electron chi connectivity index (χ2n) is 10.7. The fourth-order valence-electron chi connectivity index (χ4n) is 5.64. The summed E-state index contributed by atoms with van der Waals surface area (Å²) in [6.07, 6.45) is 4.42. The van der Waals surface area contributed by atoms with E-state index < -0.39 is 0 Å². The first-order chi connectivity index (χ1) is 20.8. The molecular weight excluding hydrogens is 589 g/mol. The molecule has 1 aromatic heterocycles. The molecule has 8 nitrogen and oxygen atoms in total. The van der Waals surface area contributed by atoms with Gasteiger partial charge in [-0.15, -0.1) is 0 Å². The predicted molar refractivity (Wildman–Crippen MR) is 165 cm³/mol. The molecule has 2 aliphatic rings. The summed E-state index contributed by atoms with van der Waals surface area (Å²) in [7, 11) is 0. The summed E-state index contributed by atoms with van der Waals surface area (Å²) in [5.41, 5.74) is 6.06. The number of ether oxygens (including phenoxy) is 3. The van der Waals surface area contributed by atoms with E-state index in [0.717, 1.165) is 39.9 Å². The molecule has 43 heavy (non-hydrogen) atoms. The fraction of sp³-hybridized carbons (Fsp3) is 0.303. The zero-order valence-electron chi connectivity index (χ0n) is 23.9. The van der Waals surface area contributed by atoms with Gasteiger partial charge < -0.3 is 14.2 Å². The number of carbonyl (C=O) groups is 2. The van der Waals surface area contributed by atoms with E-state index in [2.05, 4.69) is 11.2 Å². The average molecular weight is 621 g/mol. The van der Waals surface area contributed by atoms with Crippen LogP contribution in [-0.2, 0) is 16.0 Å². The van der Waals surface area contributed by atoms with Gasteiger partial charge in [0.05, 0.1) is 30.6 Å². The van der Waals surface area contributed by atoms with Gasteiger partial charge in [0.2, 0.25) is 0 Å². The minimum absolute atomic E-state index is 0.122. The first-order valence-electron chi connectivity index (χ1n) is 14.3. The normalized spacial score (nSPS) is 16.7. The van der Waals surface area contributed by atoms with Crippen LogP contribution in [0.1, 0.15) is 46.3 Å². The number of aromatic nitrogens is 2. The molecular formula is C33H31Cl2N3O5. The average Bonchev–Trinajstić information content (AvgIpc) is 3.65. The van der Waals surface area contributed by atoms with Crippen LogP contribution in [0.2, 0.25) is 10.0 Å². The van der Waals surface area contributed by atoms with Crippen molar-refractivity contribution >= 4 is 41.0 Å². The Morgan fingerprint density at radius 2 is 1.86 bits per heavy atom. The molecule has 6 rings (SSSR count). The van der Waals surface area contributed by atoms with Gasteiger partial charge in [0.1, 0.15) is 19.0 Å². The number of halogens is 2. The Labute approximate surface area is 260 Å². The van der Waals surface area contributed by atoms with Crippen molar-refractivity contribution in [2.75, 3.05) is 31.3 Å². The van der Waals surface area contributed by atoms with Crippen molar-refractivity contribution in [1.82, 2.24) is 9.78 Å². The van der Waals surface area contributed by atoms with Crippen LogP contribution in [0.15, 0.2) is 67.0 Å². The summed E-state index contributed by atoms with van der Waals surface area (Å²) in [6.45, 7) is 5.33. The molecule has 0 bridgehead atoms. The monoisotopic (exact) mass is 619 g/mol. The van der Waals surface area contributed by atoms with E-state index in [1.165, 1.54) is 0 Å². The number of amides is 1. The molecule has 0 N–H and O–H groups in total. The van der Waals surface area contributed by atoms with Gasteiger partial charge >= 0.3 is 12.1 Å². The number of carbonyl (C=O) groups excluding carboxylic acids is 2. The lowest BCUT2D eigenvalue weighted by molar-refractivity contribution is 0.0526. The quantitative estimate of drug-likeness (QED) is 0.142. The lowest BCUT2D eigenvalue weighted by Crippen LogP contribution is -2.37. The second kappa shape index (κ2) is 12.3. The Kier molecular flexibility index (Phi) is 8.32. The van der Waals surface area contributed by atoms with Crippen LogP contribution in [0.4, 0.5) is 10.5 Å². The summed E-state index contributed by atoms with van der Waals surface area (Å²) < 4.78 is 18.4. The highest BCUT2D eigenvalue weighted by molar-refractivity contribution is 6.31. The number of nitrogens with zero attached hydrogens (tertiary/aromatic N) is 3. The molecule has 1 unspecified atom stereocenters. The maximum Gasteiger partial charge on any atom is 0.414 e. The third-order valence-corrected chi connectivity index (χ3v) is 8.70. The van der Waals surface area contributed by atoms with Gasteiger partial charge in [0.25, 0.3) is 0 Å². The molecule has 2 atom stereocenters. The van der Waals surface area contributed by atoms with Crippen LogP contribution < -0.4 is 9.64 Å². The Bertz CT molecular complexity index is 1690. The smallest absolute Gasteiger partial charge is 0.414 e. The molecule has 3 aromatic carbocycles. The SMILES string of the molecule is CCOC(=O)c1ccc(Cl)c(Cn2cc(-c3cccc4c3C3C[C@H]3CN4C(=O)OCCOc3cccc(Cl)c3C)cn2)c1. The topological polar surface area (TPSA) is 82.9 Å². The van der Waals surface area contributed by atoms with Gasteiger partial charge in [-0.25, -0.2) is 9.59 Å². The van der Waals surface area contributed by atoms with E-state index >= 15 is 0 Å². The van der Waals surface area contributed by atoms with E-state index in [1.807, 2.05) is 49.6 Å². The highest BCUT2D eigenvalue weighted by atomic mass is 35.5. The van der Waals surface area contributed by atoms with Gasteiger partial charge in [0.15, 0.2) is 0 Å². The molecule has 1 aliphatic carbocycles. The number of hydrogen-bond acceptors (Lipinski definition) is 6. The molecule has 1 fully saturated rings. The number of esters is 1. The van der Waals surface area contributed by atoms with Crippen molar-refractivity contribution in [2.24, 2.45) is 5.92 Å². The second-order valence-corrected chi connectivity index (χ2v) is 11.5. The lowest BCUT2D eigenvalue weighted by Gasteiger charge is -2.29. The molecule has 10 heteroatoms. The van der Waals surface area contributed by atoms with Gasteiger partial charge in [0, 0.05) is 33.9 Å². The Morgan fingerprint density at radius 3 is 2.70 bits per heavy atom. The zero-order chi connectivity index (χ0) is 30.1. The van der Waals surface area contributed by atoms with Crippen LogP contribution in [-0.4, -0.2) is 48.2 Å². The van der Waals surface area contributed by atoms with Crippen LogP contribution >= 0.6 is 23.2 Å². The van der Waals surface area contributed by atoms with E-state index in [0.29, 0.717) is 52.9 Å². The van der Waals surface area contributed by atoms with E-state index in [4.69, 9.17) is 37.4 Å². The molecule has 1 amide bonds. The standard InChI is InChI=1S/C33H31Cl2N3O5/c1-3-41-32(39)21-10-11-28(35)23(14-21)17-37-18-24(16-36-37)25-6-4-8-29-31(25)26-15-22(26)19-38(29)33(40)43-13-12-42-30-9-5-7-27(34)20(30)2/h4-11,14,16,18,22,26H,3,12-13,15,17,19H2,1-2H3/t22-,26?/m0/s1. The summed E-state index contributed by atoms with van der Waals surface area (Å²) in [5.74, 6) is 1.07. The van der Waals surface area contributed by atoms with Crippen molar-refractivity contribution in [1.29, 1.82) is 0 Å². The van der Waals surface area contributed by atoms with E-state index in [1.54, 1.807) is 34.7 Å². The van der Waals surface area contributed by atoms with Crippen molar-refractivity contribution in [2.45, 2.75) is 32.7 Å². The molecule has 0 spiro atoms. The Morgan fingerprint density at radius 1 is 1.02 bits per heavy atom. The zero-order valence-corrected chi connectivity index (χ0v) is 25.4. The van der Waals surface area contributed by atoms with Crippen molar-refractivity contribution in [3.05, 3.63) is 99.3 Å². The number of hydrogen-bond donors (Lipinski definition) is 0. The first-order valence-corrected chi connectivity index (χ1v) is 15.0. The molecule has 222 valence electrons. The van der Waals surface area contributed by atoms with Crippen molar-refractivity contribution in [3.8, 4) is 16.9 Å². The van der Waals surface area contributed by atoms with Gasteiger partial charge in [-0.05, 0) is 85.2 Å². The molecule has 4 aromatic rings. The van der Waals surface area contributed by atoms with E-state index in [9.17, 15) is 9.59 Å². The molecule has 0 saturated heterocycles. The third kappa shape index (κ3) is 6.08. The molecule has 2 heterocycles. The molecule has 0 radical (unpaired) electrons. The maximum absolute atomic E-state index is 13.2. The van der Waals surface area contributed by atoms with Crippen molar-refractivity contribution in [3.63, 3.8) is 0 Å². The van der Waals surface area contributed by atoms with Crippen LogP contribution in [0.5, 0.6) is 5.75 Å². The van der Waals surface area contributed by atoms with Gasteiger partial charge in [-0.3, -0.25) is 9.58 Å². The number of fused-ring (bicyclic) bond motifs is 3. The number of benzene rings is 3. The largest absolute Gasteiger partial charge is 0.490 e. The lowest BCUT2D eigenvalue weighted by atomic mass is 9.93. The summed E-state index contributed by atoms with van der Waals surface area (Å²) >= 11 is 12.6.